The van der Waals surface area contributed by atoms with Crippen LogP contribution in [0.4, 0.5) is 5.69 Å². The molecule has 1 aliphatic rings. The van der Waals surface area contributed by atoms with Gasteiger partial charge in [-0.2, -0.15) is 0 Å². The molecular formula is C22H36N4O4. The first kappa shape index (κ1) is 23.6. The number of aliphatic imine (C=N–C) groups is 1. The molecule has 1 aromatic rings. The summed E-state index contributed by atoms with van der Waals surface area (Å²) < 4.78 is 15.4. The van der Waals surface area contributed by atoms with E-state index in [1.165, 1.54) is 7.11 Å². The fourth-order valence-corrected chi connectivity index (χ4v) is 3.53. The van der Waals surface area contributed by atoms with Gasteiger partial charge in [-0.3, -0.25) is 9.79 Å². The molecule has 1 atom stereocenters. The van der Waals surface area contributed by atoms with Crippen molar-refractivity contribution in [3.8, 4) is 11.5 Å². The number of carbonyl (C=O) groups is 1. The number of hydrogen-bond donors (Lipinski definition) is 2. The van der Waals surface area contributed by atoms with Gasteiger partial charge in [0.1, 0.15) is 11.5 Å². The Labute approximate surface area is 180 Å². The number of benzene rings is 1. The Kier molecular flexibility index (Phi) is 10.1. The van der Waals surface area contributed by atoms with Gasteiger partial charge >= 0.3 is 5.97 Å². The molecule has 8 nitrogen and oxygen atoms in total. The van der Waals surface area contributed by atoms with Crippen LogP contribution in [0.2, 0.25) is 0 Å². The minimum atomic E-state index is -0.129. The fraction of sp³-hybridized carbons (Fsp3) is 0.636. The molecule has 1 aliphatic heterocycles. The maximum absolute atomic E-state index is 11.1. The van der Waals surface area contributed by atoms with Gasteiger partial charge < -0.3 is 29.7 Å². The molecule has 1 saturated heterocycles. The zero-order chi connectivity index (χ0) is 21.8. The standard InChI is InChI=1S/C22H36N4O4/c1-23-22(24-11-8-6-5-7-9-21(27)30-4)25-17-10-12-26(16-17)18-13-19(28-2)15-20(14-18)29-3/h13-15,17H,5-12,16H2,1-4H3,(H2,23,24,25). The Hall–Kier alpha value is -2.64. The zero-order valence-corrected chi connectivity index (χ0v) is 18.7. The second-order valence-electron chi connectivity index (χ2n) is 7.39. The summed E-state index contributed by atoms with van der Waals surface area (Å²) in [5.74, 6) is 2.30. The molecule has 0 bridgehead atoms. The number of ether oxygens (including phenoxy) is 3. The van der Waals surface area contributed by atoms with Crippen LogP contribution in [0.15, 0.2) is 23.2 Å². The van der Waals surface area contributed by atoms with E-state index in [0.29, 0.717) is 12.5 Å². The summed E-state index contributed by atoms with van der Waals surface area (Å²) in [4.78, 5) is 17.8. The number of methoxy groups -OCH3 is 3. The number of rotatable bonds is 11. The topological polar surface area (TPSA) is 84.4 Å². The third kappa shape index (κ3) is 7.65. The van der Waals surface area contributed by atoms with Crippen molar-refractivity contribution in [1.82, 2.24) is 10.6 Å². The van der Waals surface area contributed by atoms with Gasteiger partial charge in [0.25, 0.3) is 0 Å². The number of guanidine groups is 1. The fourth-order valence-electron chi connectivity index (χ4n) is 3.53. The van der Waals surface area contributed by atoms with Crippen molar-refractivity contribution < 1.29 is 19.0 Å². The van der Waals surface area contributed by atoms with Gasteiger partial charge in [-0.05, 0) is 19.3 Å². The van der Waals surface area contributed by atoms with E-state index >= 15 is 0 Å². The van der Waals surface area contributed by atoms with Crippen LogP contribution in [0.3, 0.4) is 0 Å². The van der Waals surface area contributed by atoms with Crippen molar-refractivity contribution in [2.45, 2.75) is 44.6 Å². The second-order valence-corrected chi connectivity index (χ2v) is 7.39. The van der Waals surface area contributed by atoms with Gasteiger partial charge in [-0.25, -0.2) is 0 Å². The van der Waals surface area contributed by atoms with Crippen LogP contribution in [0.1, 0.15) is 38.5 Å². The predicted octanol–water partition coefficient (Wildman–Crippen LogP) is 2.57. The molecule has 0 aromatic heterocycles. The van der Waals surface area contributed by atoms with Gasteiger partial charge in [0, 0.05) is 63.0 Å². The lowest BCUT2D eigenvalue weighted by molar-refractivity contribution is -0.140. The lowest BCUT2D eigenvalue weighted by Gasteiger charge is -2.21. The minimum Gasteiger partial charge on any atom is -0.497 e. The Morgan fingerprint density at radius 2 is 1.80 bits per heavy atom. The summed E-state index contributed by atoms with van der Waals surface area (Å²) in [6.45, 7) is 2.72. The lowest BCUT2D eigenvalue weighted by Crippen LogP contribution is -2.44. The van der Waals surface area contributed by atoms with Crippen molar-refractivity contribution in [2.24, 2.45) is 4.99 Å². The molecule has 0 spiro atoms. The Morgan fingerprint density at radius 3 is 2.43 bits per heavy atom. The average Bonchev–Trinajstić information content (AvgIpc) is 3.25. The summed E-state index contributed by atoms with van der Waals surface area (Å²) in [5, 5.41) is 6.91. The zero-order valence-electron chi connectivity index (χ0n) is 18.7. The predicted molar refractivity (Wildman–Crippen MR) is 120 cm³/mol. The first-order chi connectivity index (χ1) is 14.6. The molecule has 2 N–H and O–H groups in total. The summed E-state index contributed by atoms with van der Waals surface area (Å²) in [6, 6.07) is 6.29. The summed E-state index contributed by atoms with van der Waals surface area (Å²) in [5.41, 5.74) is 1.10. The molecular weight excluding hydrogens is 384 g/mol. The molecule has 8 heteroatoms. The first-order valence-electron chi connectivity index (χ1n) is 10.6. The van der Waals surface area contributed by atoms with Crippen LogP contribution in [0.25, 0.3) is 0 Å². The number of anilines is 1. The van der Waals surface area contributed by atoms with Crippen LogP contribution in [-0.2, 0) is 9.53 Å². The monoisotopic (exact) mass is 420 g/mol. The van der Waals surface area contributed by atoms with E-state index in [4.69, 9.17) is 9.47 Å². The number of carbonyl (C=O) groups excluding carboxylic acids is 1. The van der Waals surface area contributed by atoms with Crippen molar-refractivity contribution in [1.29, 1.82) is 0 Å². The number of unbranched alkanes of at least 4 members (excludes halogenated alkanes) is 3. The average molecular weight is 421 g/mol. The number of nitrogens with one attached hydrogen (secondary N) is 2. The quantitative estimate of drug-likeness (QED) is 0.246. The molecule has 2 rings (SSSR count). The number of nitrogens with zero attached hydrogens (tertiary/aromatic N) is 2. The van der Waals surface area contributed by atoms with E-state index < -0.39 is 0 Å². The Balaban J connectivity index is 1.71. The van der Waals surface area contributed by atoms with E-state index in [-0.39, 0.29) is 5.97 Å². The molecule has 0 saturated carbocycles. The third-order valence-electron chi connectivity index (χ3n) is 5.28. The first-order valence-corrected chi connectivity index (χ1v) is 10.6. The molecule has 1 aromatic carbocycles. The Bertz CT molecular complexity index is 673. The maximum atomic E-state index is 11.1. The van der Waals surface area contributed by atoms with Crippen molar-refractivity contribution >= 4 is 17.6 Å². The van der Waals surface area contributed by atoms with Crippen molar-refractivity contribution in [3.05, 3.63) is 18.2 Å². The van der Waals surface area contributed by atoms with Gasteiger partial charge in [-0.15, -0.1) is 0 Å². The number of esters is 1. The van der Waals surface area contributed by atoms with E-state index in [1.54, 1.807) is 21.3 Å². The molecule has 30 heavy (non-hydrogen) atoms. The molecule has 0 radical (unpaired) electrons. The maximum Gasteiger partial charge on any atom is 0.305 e. The highest BCUT2D eigenvalue weighted by Gasteiger charge is 2.24. The lowest BCUT2D eigenvalue weighted by atomic mass is 10.1. The van der Waals surface area contributed by atoms with Crippen LogP contribution >= 0.6 is 0 Å². The highest BCUT2D eigenvalue weighted by molar-refractivity contribution is 5.80. The second kappa shape index (κ2) is 12.8. The van der Waals surface area contributed by atoms with Gasteiger partial charge in [-0.1, -0.05) is 12.8 Å². The van der Waals surface area contributed by atoms with Gasteiger partial charge in [0.15, 0.2) is 5.96 Å². The highest BCUT2D eigenvalue weighted by atomic mass is 16.5. The minimum absolute atomic E-state index is 0.129. The van der Waals surface area contributed by atoms with Crippen LogP contribution < -0.4 is 25.0 Å². The molecule has 0 aliphatic carbocycles. The summed E-state index contributed by atoms with van der Waals surface area (Å²) in [6.07, 6.45) is 5.58. The third-order valence-corrected chi connectivity index (χ3v) is 5.28. The van der Waals surface area contributed by atoms with Crippen LogP contribution in [-0.4, -0.2) is 66.0 Å². The van der Waals surface area contributed by atoms with E-state index in [0.717, 1.165) is 74.9 Å². The van der Waals surface area contributed by atoms with E-state index in [2.05, 4.69) is 25.3 Å². The Morgan fingerprint density at radius 1 is 1.10 bits per heavy atom. The SMILES string of the molecule is CN=C(NCCCCCCC(=O)OC)NC1CCN(c2cc(OC)cc(OC)c2)C1. The van der Waals surface area contributed by atoms with Gasteiger partial charge in [0.05, 0.1) is 21.3 Å². The smallest absolute Gasteiger partial charge is 0.305 e. The largest absolute Gasteiger partial charge is 0.497 e. The van der Waals surface area contributed by atoms with E-state index in [1.807, 2.05) is 18.2 Å². The molecule has 1 unspecified atom stereocenters. The highest BCUT2D eigenvalue weighted by Crippen LogP contribution is 2.30. The molecule has 168 valence electrons. The van der Waals surface area contributed by atoms with Crippen molar-refractivity contribution in [3.63, 3.8) is 0 Å². The summed E-state index contributed by atoms with van der Waals surface area (Å²) in [7, 11) is 6.57. The van der Waals surface area contributed by atoms with Crippen molar-refractivity contribution in [2.75, 3.05) is 52.9 Å². The van der Waals surface area contributed by atoms with Crippen LogP contribution in [0.5, 0.6) is 11.5 Å². The van der Waals surface area contributed by atoms with Gasteiger partial charge in [0.2, 0.25) is 0 Å². The normalized spacial score (nSPS) is 16.3. The number of hydrogen-bond acceptors (Lipinski definition) is 6. The van der Waals surface area contributed by atoms with E-state index in [9.17, 15) is 4.79 Å². The van der Waals surface area contributed by atoms with Crippen LogP contribution in [0, 0.1) is 0 Å². The molecule has 1 heterocycles. The summed E-state index contributed by atoms with van der Waals surface area (Å²) >= 11 is 0. The molecule has 0 amide bonds. The molecule has 1 fully saturated rings.